The topological polar surface area (TPSA) is 75.7 Å². The van der Waals surface area contributed by atoms with Crippen LogP contribution < -0.4 is 14.4 Å². The van der Waals surface area contributed by atoms with Crippen molar-refractivity contribution in [2.24, 2.45) is 5.92 Å². The second kappa shape index (κ2) is 9.78. The van der Waals surface area contributed by atoms with Crippen LogP contribution in [0, 0.1) is 12.8 Å². The van der Waals surface area contributed by atoms with Gasteiger partial charge in [0.25, 0.3) is 0 Å². The summed E-state index contributed by atoms with van der Waals surface area (Å²) in [6.07, 6.45) is 1.85. The summed E-state index contributed by atoms with van der Waals surface area (Å²) in [5.74, 6) is 0.746. The highest BCUT2D eigenvalue weighted by atomic mass is 32.2. The zero-order chi connectivity index (χ0) is 21.6. The summed E-state index contributed by atoms with van der Waals surface area (Å²) in [7, 11) is -2.01. The highest BCUT2D eigenvalue weighted by Crippen LogP contribution is 2.25. The molecule has 0 saturated carbocycles. The van der Waals surface area contributed by atoms with Gasteiger partial charge in [-0.3, -0.25) is 9.10 Å². The van der Waals surface area contributed by atoms with Crippen LogP contribution in [0.3, 0.4) is 0 Å². The van der Waals surface area contributed by atoms with Crippen LogP contribution in [0.4, 0.5) is 5.69 Å². The Morgan fingerprint density at radius 1 is 1.10 bits per heavy atom. The minimum absolute atomic E-state index is 0.216. The van der Waals surface area contributed by atoms with E-state index in [-0.39, 0.29) is 18.5 Å². The summed E-state index contributed by atoms with van der Waals surface area (Å²) < 4.78 is 31.1. The highest BCUT2D eigenvalue weighted by Gasteiger charge is 2.24. The van der Waals surface area contributed by atoms with E-state index in [2.05, 4.69) is 19.2 Å². The van der Waals surface area contributed by atoms with Gasteiger partial charge in [0.1, 0.15) is 12.3 Å². The molecule has 6 nitrogen and oxygen atoms in total. The third-order valence-electron chi connectivity index (χ3n) is 4.63. The Morgan fingerprint density at radius 2 is 1.72 bits per heavy atom. The van der Waals surface area contributed by atoms with Gasteiger partial charge in [-0.15, -0.1) is 0 Å². The molecule has 0 fully saturated rings. The van der Waals surface area contributed by atoms with Crippen LogP contribution >= 0.6 is 0 Å². The lowest BCUT2D eigenvalue weighted by molar-refractivity contribution is -0.120. The van der Waals surface area contributed by atoms with E-state index >= 15 is 0 Å². The van der Waals surface area contributed by atoms with Crippen LogP contribution in [0.25, 0.3) is 0 Å². The maximum absolute atomic E-state index is 12.8. The van der Waals surface area contributed by atoms with Crippen LogP contribution in [-0.2, 0) is 14.8 Å². The molecule has 0 unspecified atom stereocenters. The number of hydrogen-bond acceptors (Lipinski definition) is 4. The summed E-state index contributed by atoms with van der Waals surface area (Å²) in [5.41, 5.74) is 2.25. The van der Waals surface area contributed by atoms with E-state index in [0.717, 1.165) is 33.9 Å². The predicted molar refractivity (Wildman–Crippen MR) is 117 cm³/mol. The average Bonchev–Trinajstić information content (AvgIpc) is 2.65. The second-order valence-electron chi connectivity index (χ2n) is 7.58. The molecule has 0 aliphatic heterocycles. The van der Waals surface area contributed by atoms with Crippen molar-refractivity contribution in [1.29, 1.82) is 0 Å². The molecule has 1 N–H and O–H groups in total. The fourth-order valence-corrected chi connectivity index (χ4v) is 4.09. The third-order valence-corrected chi connectivity index (χ3v) is 5.76. The fraction of sp³-hybridized carbons (Fsp3) is 0.409. The number of methoxy groups -OCH3 is 1. The predicted octanol–water partition coefficient (Wildman–Crippen LogP) is 3.67. The van der Waals surface area contributed by atoms with Gasteiger partial charge in [0, 0.05) is 0 Å². The molecule has 0 radical (unpaired) electrons. The summed E-state index contributed by atoms with van der Waals surface area (Å²) in [6, 6.07) is 14.5. The van der Waals surface area contributed by atoms with Gasteiger partial charge in [0.2, 0.25) is 15.9 Å². The van der Waals surface area contributed by atoms with Gasteiger partial charge in [-0.1, -0.05) is 44.2 Å². The van der Waals surface area contributed by atoms with E-state index in [1.165, 1.54) is 0 Å². The first-order chi connectivity index (χ1) is 13.6. The van der Waals surface area contributed by atoms with Crippen molar-refractivity contribution in [1.82, 2.24) is 5.32 Å². The van der Waals surface area contributed by atoms with Gasteiger partial charge >= 0.3 is 0 Å². The van der Waals surface area contributed by atoms with Gasteiger partial charge in [-0.2, -0.15) is 0 Å². The molecule has 0 spiro atoms. The smallest absolute Gasteiger partial charge is 0.241 e. The van der Waals surface area contributed by atoms with Gasteiger partial charge in [-0.05, 0) is 48.6 Å². The number of carbonyl (C=O) groups is 1. The number of para-hydroxylation sites is 1. The SMILES string of the molecule is COc1ccc([C@H](CC(C)C)NC(=O)CN(c2ccccc2C)S(C)(=O)=O)cc1. The molecule has 2 aromatic carbocycles. The molecule has 0 saturated heterocycles. The molecule has 2 aromatic rings. The lowest BCUT2D eigenvalue weighted by Crippen LogP contribution is -2.42. The molecular formula is C22H30N2O4S. The van der Waals surface area contributed by atoms with E-state index in [0.29, 0.717) is 11.6 Å². The zero-order valence-corrected chi connectivity index (χ0v) is 18.5. The van der Waals surface area contributed by atoms with Crippen molar-refractivity contribution in [2.45, 2.75) is 33.2 Å². The van der Waals surface area contributed by atoms with Crippen molar-refractivity contribution < 1.29 is 17.9 Å². The van der Waals surface area contributed by atoms with E-state index < -0.39 is 10.0 Å². The maximum Gasteiger partial charge on any atom is 0.241 e. The van der Waals surface area contributed by atoms with Crippen molar-refractivity contribution in [3.8, 4) is 5.75 Å². The second-order valence-corrected chi connectivity index (χ2v) is 9.49. The summed E-state index contributed by atoms with van der Waals surface area (Å²) >= 11 is 0. The first-order valence-corrected chi connectivity index (χ1v) is 11.4. The average molecular weight is 419 g/mol. The number of anilines is 1. The molecule has 158 valence electrons. The van der Waals surface area contributed by atoms with Crippen LogP contribution in [0.2, 0.25) is 0 Å². The Hall–Kier alpha value is -2.54. The number of ether oxygens (including phenoxy) is 1. The molecule has 1 atom stereocenters. The quantitative estimate of drug-likeness (QED) is 0.674. The van der Waals surface area contributed by atoms with Gasteiger partial charge in [0.05, 0.1) is 25.1 Å². The van der Waals surface area contributed by atoms with E-state index in [4.69, 9.17) is 4.74 Å². The largest absolute Gasteiger partial charge is 0.497 e. The van der Waals surface area contributed by atoms with E-state index in [1.807, 2.05) is 43.3 Å². The molecule has 0 bridgehead atoms. The molecule has 2 rings (SSSR count). The Bertz CT molecular complexity index is 924. The molecule has 0 aliphatic carbocycles. The van der Waals surface area contributed by atoms with Crippen LogP contribution in [0.15, 0.2) is 48.5 Å². The fourth-order valence-electron chi connectivity index (χ4n) is 3.18. The summed E-state index contributed by atoms with van der Waals surface area (Å²) in [6.45, 7) is 5.72. The lowest BCUT2D eigenvalue weighted by atomic mass is 9.97. The Balaban J connectivity index is 2.23. The van der Waals surface area contributed by atoms with Gasteiger partial charge < -0.3 is 10.1 Å². The number of rotatable bonds is 9. The normalized spacial score (nSPS) is 12.5. The first kappa shape index (κ1) is 22.7. The number of amides is 1. The minimum Gasteiger partial charge on any atom is -0.497 e. The van der Waals surface area contributed by atoms with E-state index in [1.54, 1.807) is 19.2 Å². The molecule has 7 heteroatoms. The first-order valence-electron chi connectivity index (χ1n) is 9.58. The molecule has 0 aliphatic rings. The summed E-state index contributed by atoms with van der Waals surface area (Å²) in [5, 5.41) is 3.01. The number of aryl methyl sites for hydroxylation is 1. The van der Waals surface area contributed by atoms with Crippen LogP contribution in [-0.4, -0.2) is 34.2 Å². The third kappa shape index (κ3) is 6.49. The lowest BCUT2D eigenvalue weighted by Gasteiger charge is -2.26. The number of sulfonamides is 1. The van der Waals surface area contributed by atoms with Gasteiger partial charge in [-0.25, -0.2) is 8.42 Å². The Morgan fingerprint density at radius 3 is 2.24 bits per heavy atom. The molecule has 1 amide bonds. The van der Waals surface area contributed by atoms with E-state index in [9.17, 15) is 13.2 Å². The summed E-state index contributed by atoms with van der Waals surface area (Å²) in [4.78, 5) is 12.8. The molecular weight excluding hydrogens is 388 g/mol. The highest BCUT2D eigenvalue weighted by molar-refractivity contribution is 7.92. The molecule has 0 heterocycles. The Kier molecular flexibility index (Phi) is 7.67. The zero-order valence-electron chi connectivity index (χ0n) is 17.7. The Labute approximate surface area is 173 Å². The maximum atomic E-state index is 12.8. The van der Waals surface area contributed by atoms with Crippen molar-refractivity contribution in [3.05, 3.63) is 59.7 Å². The monoisotopic (exact) mass is 418 g/mol. The number of hydrogen-bond donors (Lipinski definition) is 1. The van der Waals surface area contributed by atoms with Crippen molar-refractivity contribution in [3.63, 3.8) is 0 Å². The molecule has 29 heavy (non-hydrogen) atoms. The van der Waals surface area contributed by atoms with Crippen molar-refractivity contribution in [2.75, 3.05) is 24.2 Å². The number of benzene rings is 2. The number of nitrogens with zero attached hydrogens (tertiary/aromatic N) is 1. The molecule has 0 aromatic heterocycles. The minimum atomic E-state index is -3.61. The van der Waals surface area contributed by atoms with Crippen molar-refractivity contribution >= 4 is 21.6 Å². The van der Waals surface area contributed by atoms with Crippen LogP contribution in [0.1, 0.15) is 37.4 Å². The number of nitrogens with one attached hydrogen (secondary N) is 1. The number of carbonyl (C=O) groups excluding carboxylic acids is 1. The van der Waals surface area contributed by atoms with Crippen LogP contribution in [0.5, 0.6) is 5.75 Å². The van der Waals surface area contributed by atoms with Gasteiger partial charge in [0.15, 0.2) is 0 Å². The standard InChI is InChI=1S/C22H30N2O4S/c1-16(2)14-20(18-10-12-19(28-4)13-11-18)23-22(25)15-24(29(5,26)27)21-9-7-6-8-17(21)3/h6-13,16,20H,14-15H2,1-5H3,(H,23,25)/t20-/m0/s1.